The number of carbonyl (C=O) groups excluding carboxylic acids is 3. The van der Waals surface area contributed by atoms with Crippen LogP contribution in [0.2, 0.25) is 0 Å². The molecule has 3 aromatic carbocycles. The number of methoxy groups -OCH3 is 1. The molecule has 10 heteroatoms. The van der Waals surface area contributed by atoms with Gasteiger partial charge >= 0.3 is 5.97 Å². The predicted octanol–water partition coefficient (Wildman–Crippen LogP) is 7.61. The molecule has 0 fully saturated rings. The molecule has 200 valence electrons. The summed E-state index contributed by atoms with van der Waals surface area (Å²) in [6.07, 6.45) is 0. The molecule has 0 radical (unpaired) electrons. The first-order valence-corrected chi connectivity index (χ1v) is 15.2. The van der Waals surface area contributed by atoms with Crippen molar-refractivity contribution in [3.05, 3.63) is 83.4 Å². The lowest BCUT2D eigenvalue weighted by atomic mass is 10.2. The summed E-state index contributed by atoms with van der Waals surface area (Å²) in [5, 5.41) is -0.0166. The molecule has 3 rings (SSSR count). The lowest BCUT2D eigenvalue weighted by molar-refractivity contribution is 0.0600. The van der Waals surface area contributed by atoms with Crippen LogP contribution in [-0.4, -0.2) is 61.5 Å². The highest BCUT2D eigenvalue weighted by molar-refractivity contribution is 8.13. The van der Waals surface area contributed by atoms with Gasteiger partial charge in [-0.15, -0.1) is 23.5 Å². The zero-order valence-corrected chi connectivity index (χ0v) is 25.2. The van der Waals surface area contributed by atoms with Crippen LogP contribution in [0.1, 0.15) is 21.5 Å². The third kappa shape index (κ3) is 9.34. The standard InChI is InChI=1S/C28H30N2O4S4/c1-29(2)27(32)37-22-10-6-19(7-11-22)17-35-24-14-21(26(31)34-5)15-25(16-24)36-18-20-8-12-23(13-9-20)38-28(33)30(3)4/h6-16H,17-18H2,1-5H3. The lowest BCUT2D eigenvalue weighted by Gasteiger charge is -2.11. The van der Waals surface area contributed by atoms with Gasteiger partial charge < -0.3 is 14.5 Å². The van der Waals surface area contributed by atoms with Crippen molar-refractivity contribution in [2.75, 3.05) is 35.3 Å². The van der Waals surface area contributed by atoms with E-state index in [1.807, 2.05) is 60.7 Å². The fourth-order valence-electron chi connectivity index (χ4n) is 3.00. The van der Waals surface area contributed by atoms with E-state index in [2.05, 4.69) is 6.07 Å². The van der Waals surface area contributed by atoms with Gasteiger partial charge in [0.15, 0.2) is 0 Å². The van der Waals surface area contributed by atoms with Crippen molar-refractivity contribution in [3.63, 3.8) is 0 Å². The van der Waals surface area contributed by atoms with Gasteiger partial charge in [0.2, 0.25) is 0 Å². The summed E-state index contributed by atoms with van der Waals surface area (Å²) in [5.41, 5.74) is 2.77. The minimum Gasteiger partial charge on any atom is -0.465 e. The molecule has 0 saturated carbocycles. The highest BCUT2D eigenvalue weighted by atomic mass is 32.2. The monoisotopic (exact) mass is 586 g/mol. The molecule has 0 bridgehead atoms. The maximum absolute atomic E-state index is 12.3. The quantitative estimate of drug-likeness (QED) is 0.188. The van der Waals surface area contributed by atoms with Gasteiger partial charge in [-0.2, -0.15) is 0 Å². The van der Waals surface area contributed by atoms with Crippen LogP contribution in [0.4, 0.5) is 9.59 Å². The molecule has 0 aliphatic heterocycles. The zero-order valence-electron chi connectivity index (χ0n) is 21.9. The van der Waals surface area contributed by atoms with E-state index in [0.717, 1.165) is 42.2 Å². The molecule has 0 saturated heterocycles. The maximum atomic E-state index is 12.3. The van der Waals surface area contributed by atoms with Gasteiger partial charge in [-0.3, -0.25) is 9.59 Å². The summed E-state index contributed by atoms with van der Waals surface area (Å²) in [6.45, 7) is 0. The molecule has 38 heavy (non-hydrogen) atoms. The number of carbonyl (C=O) groups is 3. The van der Waals surface area contributed by atoms with E-state index in [4.69, 9.17) is 4.74 Å². The van der Waals surface area contributed by atoms with Gasteiger partial charge in [-0.05, 0) is 77.1 Å². The Hall–Kier alpha value is -2.53. The lowest BCUT2D eigenvalue weighted by Crippen LogP contribution is -2.15. The van der Waals surface area contributed by atoms with Crippen LogP contribution in [0.25, 0.3) is 0 Å². The first-order chi connectivity index (χ1) is 18.1. The van der Waals surface area contributed by atoms with E-state index in [-0.39, 0.29) is 16.4 Å². The maximum Gasteiger partial charge on any atom is 0.337 e. The molecule has 0 heterocycles. The predicted molar refractivity (Wildman–Crippen MR) is 160 cm³/mol. The number of nitrogens with zero attached hydrogens (tertiary/aromatic N) is 2. The Morgan fingerprint density at radius 2 is 1.03 bits per heavy atom. The normalized spacial score (nSPS) is 10.7. The third-order valence-electron chi connectivity index (χ3n) is 5.10. The molecule has 2 amide bonds. The van der Waals surface area contributed by atoms with Gasteiger partial charge in [0, 0.05) is 59.3 Å². The van der Waals surface area contributed by atoms with Crippen LogP contribution in [0, 0.1) is 0 Å². The Morgan fingerprint density at radius 1 is 0.632 bits per heavy atom. The van der Waals surface area contributed by atoms with E-state index in [1.165, 1.54) is 30.6 Å². The fourth-order valence-corrected chi connectivity index (χ4v) is 6.28. The van der Waals surface area contributed by atoms with Gasteiger partial charge in [0.25, 0.3) is 10.5 Å². The molecular weight excluding hydrogens is 557 g/mol. The van der Waals surface area contributed by atoms with Gasteiger partial charge in [0.1, 0.15) is 0 Å². The van der Waals surface area contributed by atoms with Crippen molar-refractivity contribution >= 4 is 63.5 Å². The Labute approximate surface area is 241 Å². The molecule has 0 aliphatic rings. The fraction of sp³-hybridized carbons (Fsp3) is 0.250. The molecule has 0 spiro atoms. The molecule has 0 aromatic heterocycles. The largest absolute Gasteiger partial charge is 0.465 e. The minimum absolute atomic E-state index is 0.00830. The summed E-state index contributed by atoms with van der Waals surface area (Å²) in [6, 6.07) is 21.7. The Morgan fingerprint density at radius 3 is 1.37 bits per heavy atom. The number of ether oxygens (including phenoxy) is 1. The van der Waals surface area contributed by atoms with Crippen LogP contribution in [0.3, 0.4) is 0 Å². The van der Waals surface area contributed by atoms with E-state index < -0.39 is 0 Å². The Balaban J connectivity index is 1.65. The van der Waals surface area contributed by atoms with Crippen LogP contribution in [-0.2, 0) is 16.2 Å². The minimum atomic E-state index is -0.367. The van der Waals surface area contributed by atoms with Crippen molar-refractivity contribution in [3.8, 4) is 0 Å². The van der Waals surface area contributed by atoms with E-state index in [1.54, 1.807) is 61.5 Å². The van der Waals surface area contributed by atoms with Crippen LogP contribution in [0.5, 0.6) is 0 Å². The number of benzene rings is 3. The number of hydrogen-bond donors (Lipinski definition) is 0. The number of hydrogen-bond acceptors (Lipinski definition) is 8. The van der Waals surface area contributed by atoms with E-state index in [0.29, 0.717) is 5.56 Å². The summed E-state index contributed by atoms with van der Waals surface area (Å²) in [7, 11) is 8.33. The second-order valence-corrected chi connectivity index (χ2v) is 12.7. The molecule has 0 N–H and O–H groups in total. The van der Waals surface area contributed by atoms with Crippen molar-refractivity contribution in [1.29, 1.82) is 0 Å². The SMILES string of the molecule is COC(=O)c1cc(SCc2ccc(SC(=O)N(C)C)cc2)cc(SCc2ccc(SC(=O)N(C)C)cc2)c1. The van der Waals surface area contributed by atoms with Crippen LogP contribution >= 0.6 is 47.0 Å². The highest BCUT2D eigenvalue weighted by Gasteiger charge is 2.12. The molecular formula is C28H30N2O4S4. The van der Waals surface area contributed by atoms with E-state index >= 15 is 0 Å². The summed E-state index contributed by atoms with van der Waals surface area (Å²) < 4.78 is 4.97. The molecule has 6 nitrogen and oxygen atoms in total. The van der Waals surface area contributed by atoms with Crippen molar-refractivity contribution in [2.24, 2.45) is 0 Å². The zero-order chi connectivity index (χ0) is 27.7. The van der Waals surface area contributed by atoms with Crippen LogP contribution < -0.4 is 0 Å². The number of thioether (sulfide) groups is 4. The second kappa shape index (κ2) is 14.6. The third-order valence-corrected chi connectivity index (χ3v) is 9.29. The number of rotatable bonds is 9. The average Bonchev–Trinajstić information content (AvgIpc) is 2.91. The highest BCUT2D eigenvalue weighted by Crippen LogP contribution is 2.32. The topological polar surface area (TPSA) is 66.9 Å². The first-order valence-electron chi connectivity index (χ1n) is 11.6. The molecule has 0 atom stereocenters. The van der Waals surface area contributed by atoms with Gasteiger partial charge in [0.05, 0.1) is 12.7 Å². The van der Waals surface area contributed by atoms with Crippen molar-refractivity contribution in [1.82, 2.24) is 9.80 Å². The number of esters is 1. The van der Waals surface area contributed by atoms with Crippen molar-refractivity contribution < 1.29 is 19.1 Å². The molecule has 0 unspecified atom stereocenters. The second-order valence-electron chi connectivity index (χ2n) is 8.57. The van der Waals surface area contributed by atoms with E-state index in [9.17, 15) is 14.4 Å². The first kappa shape index (κ1) is 30.0. The van der Waals surface area contributed by atoms with Gasteiger partial charge in [-0.25, -0.2) is 4.79 Å². The summed E-state index contributed by atoms with van der Waals surface area (Å²) >= 11 is 5.69. The molecule has 0 aliphatic carbocycles. The smallest absolute Gasteiger partial charge is 0.337 e. The average molecular weight is 587 g/mol. The number of amides is 2. The molecule has 3 aromatic rings. The summed E-state index contributed by atoms with van der Waals surface area (Å²) in [5.74, 6) is 1.09. The Bertz CT molecular complexity index is 1180. The van der Waals surface area contributed by atoms with Crippen molar-refractivity contribution in [2.45, 2.75) is 31.1 Å². The van der Waals surface area contributed by atoms with Crippen LogP contribution in [0.15, 0.2) is 86.3 Å². The summed E-state index contributed by atoms with van der Waals surface area (Å²) in [4.78, 5) is 43.0. The van der Waals surface area contributed by atoms with Gasteiger partial charge in [-0.1, -0.05) is 24.3 Å². The Kier molecular flexibility index (Phi) is 11.5.